The molecular weight excluding hydrogens is 233 g/mol. The van der Waals surface area contributed by atoms with Crippen molar-refractivity contribution in [2.45, 2.75) is 32.7 Å². The van der Waals surface area contributed by atoms with Crippen LogP contribution >= 0.6 is 24.0 Å². The van der Waals surface area contributed by atoms with E-state index in [-0.39, 0.29) is 24.2 Å². The highest BCUT2D eigenvalue weighted by Gasteiger charge is 2.12. The lowest BCUT2D eigenvalue weighted by atomic mass is 10.00. The number of nitrogens with two attached hydrogens (primary N) is 1. The quantitative estimate of drug-likeness (QED) is 0.861. The summed E-state index contributed by atoms with van der Waals surface area (Å²) in [5, 5.41) is 10.4. The van der Waals surface area contributed by atoms with Gasteiger partial charge in [-0.05, 0) is 31.0 Å². The van der Waals surface area contributed by atoms with Crippen LogP contribution in [0.15, 0.2) is 12.1 Å². The molecule has 0 aliphatic heterocycles. The second kappa shape index (κ2) is 6.21. The number of halogens is 2. The Labute approximate surface area is 102 Å². The molecule has 0 saturated carbocycles. The Balaban J connectivity index is 0.00000196. The molecular formula is C11H17Cl2NO. The van der Waals surface area contributed by atoms with E-state index in [0.29, 0.717) is 5.02 Å². The predicted octanol–water partition coefficient (Wildman–Crippen LogP) is 3.58. The Morgan fingerprint density at radius 2 is 2.07 bits per heavy atom. The lowest BCUT2D eigenvalue weighted by Crippen LogP contribution is -2.10. The largest absolute Gasteiger partial charge is 0.507 e. The average Bonchev–Trinajstić information content (AvgIpc) is 2.11. The summed E-state index contributed by atoms with van der Waals surface area (Å²) < 4.78 is 0. The number of rotatable bonds is 3. The van der Waals surface area contributed by atoms with Crippen LogP contribution in [0.3, 0.4) is 0 Å². The molecule has 0 spiro atoms. The summed E-state index contributed by atoms with van der Waals surface area (Å²) in [4.78, 5) is 0. The van der Waals surface area contributed by atoms with E-state index < -0.39 is 0 Å². The third kappa shape index (κ3) is 3.56. The summed E-state index contributed by atoms with van der Waals surface area (Å²) in [6.07, 6.45) is 1.85. The Bertz CT molecular complexity index is 329. The molecule has 0 radical (unpaired) electrons. The van der Waals surface area contributed by atoms with Crippen LogP contribution in [0.5, 0.6) is 5.75 Å². The van der Waals surface area contributed by atoms with Crippen molar-refractivity contribution in [3.63, 3.8) is 0 Å². The fourth-order valence-electron chi connectivity index (χ4n) is 1.51. The first-order valence-corrected chi connectivity index (χ1v) is 5.18. The lowest BCUT2D eigenvalue weighted by molar-refractivity contribution is 0.454. The zero-order valence-corrected chi connectivity index (χ0v) is 10.5. The van der Waals surface area contributed by atoms with Gasteiger partial charge in [-0.15, -0.1) is 12.4 Å². The fraction of sp³-hybridized carbons (Fsp3) is 0.455. The fourth-order valence-corrected chi connectivity index (χ4v) is 1.79. The van der Waals surface area contributed by atoms with Crippen LogP contribution in [0, 0.1) is 6.92 Å². The van der Waals surface area contributed by atoms with E-state index in [0.717, 1.165) is 24.0 Å². The van der Waals surface area contributed by atoms with Gasteiger partial charge in [0.25, 0.3) is 0 Å². The molecule has 1 aromatic carbocycles. The number of aromatic hydroxyl groups is 1. The molecule has 15 heavy (non-hydrogen) atoms. The van der Waals surface area contributed by atoms with Gasteiger partial charge in [0.2, 0.25) is 0 Å². The third-order valence-corrected chi connectivity index (χ3v) is 2.51. The Morgan fingerprint density at radius 1 is 1.47 bits per heavy atom. The van der Waals surface area contributed by atoms with Crippen molar-refractivity contribution in [1.29, 1.82) is 0 Å². The van der Waals surface area contributed by atoms with E-state index in [2.05, 4.69) is 6.92 Å². The average molecular weight is 250 g/mol. The van der Waals surface area contributed by atoms with E-state index in [9.17, 15) is 5.11 Å². The molecule has 0 aliphatic rings. The molecule has 1 atom stereocenters. The monoisotopic (exact) mass is 249 g/mol. The van der Waals surface area contributed by atoms with Crippen molar-refractivity contribution >= 4 is 24.0 Å². The van der Waals surface area contributed by atoms with Crippen LogP contribution in [-0.4, -0.2) is 5.11 Å². The van der Waals surface area contributed by atoms with Gasteiger partial charge in [0.1, 0.15) is 5.75 Å². The van der Waals surface area contributed by atoms with Gasteiger partial charge in [-0.25, -0.2) is 0 Å². The molecule has 3 N–H and O–H groups in total. The Hall–Kier alpha value is -0.440. The van der Waals surface area contributed by atoms with Crippen molar-refractivity contribution in [3.8, 4) is 5.75 Å². The van der Waals surface area contributed by atoms with Gasteiger partial charge in [0.05, 0.1) is 0 Å². The van der Waals surface area contributed by atoms with Crippen molar-refractivity contribution in [2.75, 3.05) is 0 Å². The van der Waals surface area contributed by atoms with E-state index in [1.807, 2.05) is 6.92 Å². The second-order valence-corrected chi connectivity index (χ2v) is 3.99. The number of hydrogen-bond acceptors (Lipinski definition) is 2. The SMILES string of the molecule is CCC[C@@H](N)c1cc(Cl)cc(C)c1O.Cl. The number of phenolic OH excluding ortho intramolecular Hbond substituents is 1. The first-order valence-electron chi connectivity index (χ1n) is 4.80. The first kappa shape index (κ1) is 14.6. The van der Waals surface area contributed by atoms with Gasteiger partial charge < -0.3 is 10.8 Å². The molecule has 1 aromatic rings. The van der Waals surface area contributed by atoms with E-state index >= 15 is 0 Å². The van der Waals surface area contributed by atoms with Crippen LogP contribution in [0.1, 0.15) is 36.9 Å². The minimum absolute atomic E-state index is 0. The maximum atomic E-state index is 9.78. The molecule has 0 heterocycles. The topological polar surface area (TPSA) is 46.2 Å². The molecule has 0 fully saturated rings. The maximum Gasteiger partial charge on any atom is 0.123 e. The Morgan fingerprint density at radius 3 is 2.60 bits per heavy atom. The Kier molecular flexibility index (Phi) is 6.03. The highest BCUT2D eigenvalue weighted by atomic mass is 35.5. The number of phenols is 1. The van der Waals surface area contributed by atoms with Crippen molar-refractivity contribution in [1.82, 2.24) is 0 Å². The molecule has 2 nitrogen and oxygen atoms in total. The molecule has 0 bridgehead atoms. The van der Waals surface area contributed by atoms with Crippen LogP contribution in [0.4, 0.5) is 0 Å². The maximum absolute atomic E-state index is 9.78. The molecule has 0 aliphatic carbocycles. The smallest absolute Gasteiger partial charge is 0.123 e. The van der Waals surface area contributed by atoms with Crippen molar-refractivity contribution in [3.05, 3.63) is 28.3 Å². The molecule has 0 aromatic heterocycles. The molecule has 86 valence electrons. The highest BCUT2D eigenvalue weighted by molar-refractivity contribution is 6.30. The summed E-state index contributed by atoms with van der Waals surface area (Å²) in [7, 11) is 0. The van der Waals surface area contributed by atoms with E-state index in [1.165, 1.54) is 0 Å². The van der Waals surface area contributed by atoms with Crippen molar-refractivity contribution in [2.24, 2.45) is 5.73 Å². The van der Waals surface area contributed by atoms with Crippen LogP contribution in [0.2, 0.25) is 5.02 Å². The zero-order valence-electron chi connectivity index (χ0n) is 8.96. The van der Waals surface area contributed by atoms with E-state index in [4.69, 9.17) is 17.3 Å². The number of benzene rings is 1. The van der Waals surface area contributed by atoms with Gasteiger partial charge in [0, 0.05) is 16.6 Å². The summed E-state index contributed by atoms with van der Waals surface area (Å²) in [6, 6.07) is 3.35. The molecule has 0 amide bonds. The minimum atomic E-state index is -0.127. The lowest BCUT2D eigenvalue weighted by Gasteiger charge is -2.14. The summed E-state index contributed by atoms with van der Waals surface area (Å²) in [6.45, 7) is 3.89. The van der Waals surface area contributed by atoms with Crippen LogP contribution in [-0.2, 0) is 0 Å². The van der Waals surface area contributed by atoms with Gasteiger partial charge in [-0.1, -0.05) is 24.9 Å². The minimum Gasteiger partial charge on any atom is -0.507 e. The van der Waals surface area contributed by atoms with Crippen LogP contribution < -0.4 is 5.73 Å². The van der Waals surface area contributed by atoms with Crippen molar-refractivity contribution < 1.29 is 5.11 Å². The number of hydrogen-bond donors (Lipinski definition) is 2. The van der Waals surface area contributed by atoms with Gasteiger partial charge >= 0.3 is 0 Å². The molecule has 4 heteroatoms. The molecule has 0 saturated heterocycles. The second-order valence-electron chi connectivity index (χ2n) is 3.56. The van der Waals surface area contributed by atoms with Gasteiger partial charge in [0.15, 0.2) is 0 Å². The summed E-state index contributed by atoms with van der Waals surface area (Å²) in [5.41, 5.74) is 7.45. The first-order chi connectivity index (χ1) is 6.56. The highest BCUT2D eigenvalue weighted by Crippen LogP contribution is 2.31. The van der Waals surface area contributed by atoms with E-state index in [1.54, 1.807) is 12.1 Å². The zero-order chi connectivity index (χ0) is 10.7. The van der Waals surface area contributed by atoms with Gasteiger partial charge in [-0.2, -0.15) is 0 Å². The normalized spacial score (nSPS) is 12.0. The molecule has 1 rings (SSSR count). The molecule has 0 unspecified atom stereocenters. The summed E-state index contributed by atoms with van der Waals surface area (Å²) >= 11 is 5.90. The van der Waals surface area contributed by atoms with Crippen LogP contribution in [0.25, 0.3) is 0 Å². The van der Waals surface area contributed by atoms with Gasteiger partial charge in [-0.3, -0.25) is 0 Å². The number of aryl methyl sites for hydroxylation is 1. The predicted molar refractivity (Wildman–Crippen MR) is 66.9 cm³/mol. The summed E-state index contributed by atoms with van der Waals surface area (Å²) in [5.74, 6) is 0.273. The standard InChI is InChI=1S/C11H16ClNO.ClH/c1-3-4-10(13)9-6-8(12)5-7(2)11(9)14;/h5-6,10,14H,3-4,13H2,1-2H3;1H/t10-;/m1./s1. The third-order valence-electron chi connectivity index (χ3n) is 2.29.